The molecule has 0 fully saturated rings. The van der Waals surface area contributed by atoms with Gasteiger partial charge < -0.3 is 10.1 Å². The first-order chi connectivity index (χ1) is 6.26. The number of nitrogens with one attached hydrogen (secondary N) is 1. The maximum Gasteiger partial charge on any atom is 0.329 e. The Morgan fingerprint density at radius 1 is 1.36 bits per heavy atom. The summed E-state index contributed by atoms with van der Waals surface area (Å²) in [6.45, 7) is 8.60. The summed E-state index contributed by atoms with van der Waals surface area (Å²) in [6.07, 6.45) is 0.536. The van der Waals surface area contributed by atoms with Crippen LogP contribution in [0.4, 0.5) is 0 Å². The Hall–Kier alpha value is -1.06. The van der Waals surface area contributed by atoms with Crippen molar-refractivity contribution >= 4 is 11.9 Å². The molecule has 0 saturated carbocycles. The van der Waals surface area contributed by atoms with Gasteiger partial charge in [-0.25, -0.2) is 4.79 Å². The number of rotatable bonds is 3. The van der Waals surface area contributed by atoms with E-state index in [9.17, 15) is 9.59 Å². The van der Waals surface area contributed by atoms with E-state index in [0.717, 1.165) is 0 Å². The van der Waals surface area contributed by atoms with Crippen LogP contribution in [0.5, 0.6) is 0 Å². The first-order valence-electron chi connectivity index (χ1n) is 4.76. The second kappa shape index (κ2) is 4.98. The Kier molecular flexibility index (Phi) is 4.60. The molecular weight excluding hydrogens is 182 g/mol. The van der Waals surface area contributed by atoms with Crippen molar-refractivity contribution in [2.24, 2.45) is 0 Å². The molecule has 0 aromatic carbocycles. The van der Waals surface area contributed by atoms with Crippen LogP contribution in [0.3, 0.4) is 0 Å². The fraction of sp³-hybridized carbons (Fsp3) is 0.800. The Morgan fingerprint density at radius 2 is 1.86 bits per heavy atom. The molecule has 0 radical (unpaired) electrons. The van der Waals surface area contributed by atoms with E-state index in [1.54, 1.807) is 20.8 Å². The summed E-state index contributed by atoms with van der Waals surface area (Å²) in [5.74, 6) is -0.599. The highest BCUT2D eigenvalue weighted by molar-refractivity contribution is 5.83. The second-order valence-corrected chi connectivity index (χ2v) is 4.19. The lowest BCUT2D eigenvalue weighted by atomic mass is 10.1. The standard InChI is InChI=1S/C10H19NO3/c1-6-8(11-7(2)12)9(13)14-10(3,4)5/h8H,6H2,1-5H3,(H,11,12). The Bertz CT molecular complexity index is 218. The Morgan fingerprint density at radius 3 is 2.14 bits per heavy atom. The summed E-state index contributed by atoms with van der Waals surface area (Å²) in [5, 5.41) is 2.54. The highest BCUT2D eigenvalue weighted by atomic mass is 16.6. The molecule has 0 aliphatic heterocycles. The zero-order valence-electron chi connectivity index (χ0n) is 9.51. The van der Waals surface area contributed by atoms with E-state index >= 15 is 0 Å². The maximum atomic E-state index is 11.5. The van der Waals surface area contributed by atoms with Gasteiger partial charge in [-0.3, -0.25) is 4.79 Å². The molecule has 1 amide bonds. The second-order valence-electron chi connectivity index (χ2n) is 4.19. The van der Waals surface area contributed by atoms with Gasteiger partial charge in [-0.05, 0) is 27.2 Å². The van der Waals surface area contributed by atoms with Crippen LogP contribution in [0.1, 0.15) is 41.0 Å². The lowest BCUT2D eigenvalue weighted by molar-refractivity contribution is -0.158. The van der Waals surface area contributed by atoms with Crippen molar-refractivity contribution in [2.75, 3.05) is 0 Å². The molecule has 1 N–H and O–H groups in total. The fourth-order valence-electron chi connectivity index (χ4n) is 0.946. The molecule has 14 heavy (non-hydrogen) atoms. The lowest BCUT2D eigenvalue weighted by Gasteiger charge is -2.23. The maximum absolute atomic E-state index is 11.5. The summed E-state index contributed by atoms with van der Waals surface area (Å²) in [6, 6.07) is -0.535. The molecule has 0 spiro atoms. The van der Waals surface area contributed by atoms with Crippen LogP contribution >= 0.6 is 0 Å². The van der Waals surface area contributed by atoms with E-state index in [0.29, 0.717) is 6.42 Å². The average molecular weight is 201 g/mol. The molecule has 0 aromatic heterocycles. The normalized spacial score (nSPS) is 13.2. The van der Waals surface area contributed by atoms with Gasteiger partial charge in [0.25, 0.3) is 0 Å². The molecule has 1 atom stereocenters. The summed E-state index contributed by atoms with van der Waals surface area (Å²) in [4.78, 5) is 22.3. The number of hydrogen-bond acceptors (Lipinski definition) is 3. The molecule has 0 aliphatic rings. The van der Waals surface area contributed by atoms with Crippen LogP contribution in [0.25, 0.3) is 0 Å². The van der Waals surface area contributed by atoms with Crippen LogP contribution in [0.2, 0.25) is 0 Å². The van der Waals surface area contributed by atoms with Crippen molar-refractivity contribution in [3.05, 3.63) is 0 Å². The first-order valence-corrected chi connectivity index (χ1v) is 4.76. The predicted octanol–water partition coefficient (Wildman–Crippen LogP) is 1.24. The zero-order chi connectivity index (χ0) is 11.4. The lowest BCUT2D eigenvalue weighted by Crippen LogP contribution is -2.42. The fourth-order valence-corrected chi connectivity index (χ4v) is 0.946. The largest absolute Gasteiger partial charge is 0.458 e. The van der Waals surface area contributed by atoms with Crippen molar-refractivity contribution in [2.45, 2.75) is 52.7 Å². The van der Waals surface area contributed by atoms with Crippen LogP contribution in [-0.2, 0) is 14.3 Å². The van der Waals surface area contributed by atoms with Gasteiger partial charge in [0.05, 0.1) is 0 Å². The number of ether oxygens (including phenoxy) is 1. The van der Waals surface area contributed by atoms with Gasteiger partial charge in [0, 0.05) is 6.92 Å². The van der Waals surface area contributed by atoms with Gasteiger partial charge in [-0.1, -0.05) is 6.92 Å². The van der Waals surface area contributed by atoms with Crippen molar-refractivity contribution in [3.63, 3.8) is 0 Å². The molecule has 0 saturated heterocycles. The molecule has 1 unspecified atom stereocenters. The molecular formula is C10H19NO3. The minimum absolute atomic E-state index is 0.220. The number of amides is 1. The molecule has 4 nitrogen and oxygen atoms in total. The first kappa shape index (κ1) is 12.9. The number of hydrogen-bond donors (Lipinski definition) is 1. The summed E-state index contributed by atoms with van der Waals surface area (Å²) >= 11 is 0. The third-order valence-corrected chi connectivity index (χ3v) is 1.48. The van der Waals surface area contributed by atoms with Gasteiger partial charge in [-0.2, -0.15) is 0 Å². The Labute approximate surface area is 85.0 Å². The number of esters is 1. The van der Waals surface area contributed by atoms with E-state index in [2.05, 4.69) is 5.32 Å². The third kappa shape index (κ3) is 5.56. The molecule has 0 bridgehead atoms. The van der Waals surface area contributed by atoms with E-state index in [1.165, 1.54) is 6.92 Å². The molecule has 0 aromatic rings. The van der Waals surface area contributed by atoms with Gasteiger partial charge in [-0.15, -0.1) is 0 Å². The number of carbonyl (C=O) groups is 2. The molecule has 82 valence electrons. The van der Waals surface area contributed by atoms with Crippen molar-refractivity contribution in [3.8, 4) is 0 Å². The predicted molar refractivity (Wildman–Crippen MR) is 53.7 cm³/mol. The molecule has 0 rings (SSSR count). The zero-order valence-corrected chi connectivity index (χ0v) is 9.51. The van der Waals surface area contributed by atoms with Crippen LogP contribution in [0, 0.1) is 0 Å². The smallest absolute Gasteiger partial charge is 0.329 e. The van der Waals surface area contributed by atoms with Gasteiger partial charge in [0.15, 0.2) is 0 Å². The molecule has 0 heterocycles. The van der Waals surface area contributed by atoms with Crippen molar-refractivity contribution in [1.82, 2.24) is 5.32 Å². The molecule has 0 aliphatic carbocycles. The minimum Gasteiger partial charge on any atom is -0.458 e. The van der Waals surface area contributed by atoms with Crippen LogP contribution < -0.4 is 5.32 Å². The van der Waals surface area contributed by atoms with Crippen LogP contribution in [-0.4, -0.2) is 23.5 Å². The van der Waals surface area contributed by atoms with Gasteiger partial charge in [0.1, 0.15) is 11.6 Å². The summed E-state index contributed by atoms with van der Waals surface area (Å²) < 4.78 is 5.14. The van der Waals surface area contributed by atoms with Gasteiger partial charge >= 0.3 is 5.97 Å². The van der Waals surface area contributed by atoms with E-state index < -0.39 is 11.6 Å². The number of carbonyl (C=O) groups excluding carboxylic acids is 2. The summed E-state index contributed by atoms with van der Waals surface area (Å²) in [7, 11) is 0. The Balaban J connectivity index is 4.25. The van der Waals surface area contributed by atoms with Crippen molar-refractivity contribution in [1.29, 1.82) is 0 Å². The SMILES string of the molecule is CCC(NC(C)=O)C(=O)OC(C)(C)C. The van der Waals surface area contributed by atoms with Crippen molar-refractivity contribution < 1.29 is 14.3 Å². The van der Waals surface area contributed by atoms with E-state index in [-0.39, 0.29) is 11.9 Å². The van der Waals surface area contributed by atoms with Gasteiger partial charge in [0.2, 0.25) is 5.91 Å². The minimum atomic E-state index is -0.535. The average Bonchev–Trinajstić information content (AvgIpc) is 1.96. The topological polar surface area (TPSA) is 55.4 Å². The highest BCUT2D eigenvalue weighted by Gasteiger charge is 2.24. The quantitative estimate of drug-likeness (QED) is 0.699. The summed E-state index contributed by atoms with van der Waals surface area (Å²) in [5.41, 5.74) is -0.511. The molecule has 4 heteroatoms. The van der Waals surface area contributed by atoms with Crippen LogP contribution in [0.15, 0.2) is 0 Å². The highest BCUT2D eigenvalue weighted by Crippen LogP contribution is 2.09. The van der Waals surface area contributed by atoms with E-state index in [1.807, 2.05) is 6.92 Å². The van der Waals surface area contributed by atoms with E-state index in [4.69, 9.17) is 4.74 Å². The monoisotopic (exact) mass is 201 g/mol. The third-order valence-electron chi connectivity index (χ3n) is 1.48.